The highest BCUT2D eigenvalue weighted by Gasteiger charge is 2.56. The number of rotatable bonds is 5. The highest BCUT2D eigenvalue weighted by Crippen LogP contribution is 2.56. The van der Waals surface area contributed by atoms with Crippen LogP contribution in [0.1, 0.15) is 29.8 Å². The molecule has 1 aliphatic heterocycles. The van der Waals surface area contributed by atoms with Gasteiger partial charge in [-0.3, -0.25) is 4.90 Å². The predicted molar refractivity (Wildman–Crippen MR) is 101 cm³/mol. The van der Waals surface area contributed by atoms with Crippen LogP contribution in [-0.2, 0) is 13.1 Å². The Morgan fingerprint density at radius 1 is 1.24 bits per heavy atom. The molecule has 0 bridgehead atoms. The first-order valence-corrected chi connectivity index (χ1v) is 10.0. The van der Waals surface area contributed by atoms with Crippen LogP contribution in [0.3, 0.4) is 0 Å². The number of furan rings is 1. The lowest BCUT2D eigenvalue weighted by atomic mass is 9.93. The predicted octanol–water partition coefficient (Wildman–Crippen LogP) is 4.03. The van der Waals surface area contributed by atoms with Crippen molar-refractivity contribution in [1.29, 1.82) is 0 Å². The van der Waals surface area contributed by atoms with Gasteiger partial charge >= 0.3 is 0 Å². The molecular formula is C20H23N3OS. The molecule has 1 aromatic carbocycles. The maximum Gasteiger partial charge on any atom is 0.134 e. The van der Waals surface area contributed by atoms with Crippen LogP contribution in [0.2, 0.25) is 0 Å². The van der Waals surface area contributed by atoms with Gasteiger partial charge in [0.15, 0.2) is 0 Å². The van der Waals surface area contributed by atoms with Gasteiger partial charge in [-0.15, -0.1) is 11.3 Å². The summed E-state index contributed by atoms with van der Waals surface area (Å²) in [6.45, 7) is 4.21. The summed E-state index contributed by atoms with van der Waals surface area (Å²) in [5, 5.41) is 8.04. The second-order valence-electron chi connectivity index (χ2n) is 7.42. The zero-order valence-corrected chi connectivity index (χ0v) is 15.1. The van der Waals surface area contributed by atoms with Crippen LogP contribution in [0.5, 0.6) is 0 Å². The van der Waals surface area contributed by atoms with Gasteiger partial charge in [0.2, 0.25) is 0 Å². The number of piperidine rings is 1. The highest BCUT2D eigenvalue weighted by molar-refractivity contribution is 7.09. The standard InChI is InChI=1S/C20H23N3OS/c1-2-4-17-16(3-1)15(14-24-17)12-23(13-19-22-9-10-25-19)18-11-20(18)5-7-21-8-6-20/h1-4,9-10,14,18,21H,5-8,11-13H2/t18-/m0/s1. The van der Waals surface area contributed by atoms with E-state index in [0.717, 1.165) is 31.8 Å². The van der Waals surface area contributed by atoms with Gasteiger partial charge in [0.25, 0.3) is 0 Å². The monoisotopic (exact) mass is 353 g/mol. The van der Waals surface area contributed by atoms with E-state index in [2.05, 4.69) is 38.8 Å². The lowest BCUT2D eigenvalue weighted by Gasteiger charge is -2.29. The largest absolute Gasteiger partial charge is 0.464 e. The molecule has 0 unspecified atom stereocenters. The fraction of sp³-hybridized carbons (Fsp3) is 0.450. The van der Waals surface area contributed by atoms with Crippen LogP contribution >= 0.6 is 11.3 Å². The Balaban J connectivity index is 1.41. The number of aromatic nitrogens is 1. The Bertz CT molecular complexity index is 851. The summed E-state index contributed by atoms with van der Waals surface area (Å²) in [4.78, 5) is 7.17. The first-order valence-electron chi connectivity index (χ1n) is 9.12. The van der Waals surface area contributed by atoms with Crippen molar-refractivity contribution in [2.75, 3.05) is 13.1 Å². The fourth-order valence-electron chi connectivity index (χ4n) is 4.46. The minimum Gasteiger partial charge on any atom is -0.464 e. The molecule has 2 aliphatic rings. The lowest BCUT2D eigenvalue weighted by molar-refractivity contribution is 0.188. The van der Waals surface area contributed by atoms with E-state index in [9.17, 15) is 0 Å². The number of nitrogens with one attached hydrogen (secondary N) is 1. The number of nitrogens with zero attached hydrogens (tertiary/aromatic N) is 2. The van der Waals surface area contributed by atoms with Gasteiger partial charge in [-0.25, -0.2) is 4.98 Å². The van der Waals surface area contributed by atoms with Crippen LogP contribution in [0.15, 0.2) is 46.5 Å². The van der Waals surface area contributed by atoms with E-state index in [1.54, 1.807) is 11.3 Å². The van der Waals surface area contributed by atoms with Crippen LogP contribution in [0, 0.1) is 5.41 Å². The highest BCUT2D eigenvalue weighted by atomic mass is 32.1. The Labute approximate surface area is 151 Å². The van der Waals surface area contributed by atoms with E-state index in [4.69, 9.17) is 4.42 Å². The van der Waals surface area contributed by atoms with E-state index in [1.165, 1.54) is 35.2 Å². The minimum atomic E-state index is 0.530. The Hall–Kier alpha value is -1.69. The van der Waals surface area contributed by atoms with E-state index in [1.807, 2.05) is 18.5 Å². The third-order valence-electron chi connectivity index (χ3n) is 5.94. The Morgan fingerprint density at radius 2 is 2.12 bits per heavy atom. The number of para-hydroxylation sites is 1. The molecule has 2 aromatic heterocycles. The molecule has 1 saturated heterocycles. The topological polar surface area (TPSA) is 41.3 Å². The molecule has 1 N–H and O–H groups in total. The molecule has 1 atom stereocenters. The maximum absolute atomic E-state index is 5.77. The molecule has 1 saturated carbocycles. The maximum atomic E-state index is 5.77. The van der Waals surface area contributed by atoms with Gasteiger partial charge in [-0.1, -0.05) is 18.2 Å². The van der Waals surface area contributed by atoms with Crippen molar-refractivity contribution in [3.63, 3.8) is 0 Å². The van der Waals surface area contributed by atoms with Gasteiger partial charge in [0.1, 0.15) is 10.6 Å². The summed E-state index contributed by atoms with van der Waals surface area (Å²) in [5.41, 5.74) is 2.81. The van der Waals surface area contributed by atoms with Crippen molar-refractivity contribution < 1.29 is 4.42 Å². The average molecular weight is 353 g/mol. The summed E-state index contributed by atoms with van der Waals surface area (Å²) < 4.78 is 5.77. The minimum absolute atomic E-state index is 0.530. The van der Waals surface area contributed by atoms with E-state index in [0.29, 0.717) is 11.5 Å². The Morgan fingerprint density at radius 3 is 2.96 bits per heavy atom. The smallest absolute Gasteiger partial charge is 0.134 e. The van der Waals surface area contributed by atoms with E-state index in [-0.39, 0.29) is 0 Å². The quantitative estimate of drug-likeness (QED) is 0.752. The summed E-state index contributed by atoms with van der Waals surface area (Å²) >= 11 is 1.76. The zero-order valence-electron chi connectivity index (χ0n) is 14.3. The van der Waals surface area contributed by atoms with Crippen molar-refractivity contribution >= 4 is 22.3 Å². The summed E-state index contributed by atoms with van der Waals surface area (Å²) in [5.74, 6) is 0. The second-order valence-corrected chi connectivity index (χ2v) is 8.40. The van der Waals surface area contributed by atoms with Gasteiger partial charge in [0, 0.05) is 35.1 Å². The average Bonchev–Trinajstić information content (AvgIpc) is 3.03. The normalized spacial score (nSPS) is 22.0. The molecule has 3 heterocycles. The molecule has 5 rings (SSSR count). The van der Waals surface area contributed by atoms with Gasteiger partial charge in [-0.05, 0) is 43.8 Å². The lowest BCUT2D eigenvalue weighted by Crippen LogP contribution is -2.35. The zero-order chi connectivity index (χ0) is 16.7. The van der Waals surface area contributed by atoms with E-state index >= 15 is 0 Å². The molecule has 130 valence electrons. The summed E-state index contributed by atoms with van der Waals surface area (Å²) in [6.07, 6.45) is 7.79. The number of fused-ring (bicyclic) bond motifs is 1. The molecule has 3 aromatic rings. The van der Waals surface area contributed by atoms with Crippen molar-refractivity contribution in [3.8, 4) is 0 Å². The van der Waals surface area contributed by atoms with Crippen LogP contribution < -0.4 is 5.32 Å². The molecule has 5 heteroatoms. The molecule has 25 heavy (non-hydrogen) atoms. The third kappa shape index (κ3) is 2.90. The second kappa shape index (κ2) is 6.24. The molecule has 1 aliphatic carbocycles. The first-order chi connectivity index (χ1) is 12.3. The number of benzene rings is 1. The number of hydrogen-bond acceptors (Lipinski definition) is 5. The molecule has 2 fully saturated rings. The molecule has 0 amide bonds. The number of thiazole rings is 1. The van der Waals surface area contributed by atoms with Gasteiger partial charge in [0.05, 0.1) is 12.8 Å². The third-order valence-corrected chi connectivity index (χ3v) is 6.71. The number of hydrogen-bond donors (Lipinski definition) is 1. The Kier molecular flexibility index (Phi) is 3.88. The SMILES string of the molecule is c1ccc2c(CN(Cc3nccs3)[C@H]3CC34CCNCC4)coc2c1. The molecular weight excluding hydrogens is 330 g/mol. The van der Waals surface area contributed by atoms with Crippen LogP contribution in [-0.4, -0.2) is 29.0 Å². The van der Waals surface area contributed by atoms with Crippen molar-refractivity contribution in [2.24, 2.45) is 5.41 Å². The van der Waals surface area contributed by atoms with Gasteiger partial charge < -0.3 is 9.73 Å². The van der Waals surface area contributed by atoms with Crippen molar-refractivity contribution in [2.45, 2.75) is 38.4 Å². The van der Waals surface area contributed by atoms with Crippen molar-refractivity contribution in [3.05, 3.63) is 52.7 Å². The summed E-state index contributed by atoms with van der Waals surface area (Å²) in [7, 11) is 0. The van der Waals surface area contributed by atoms with Crippen molar-refractivity contribution in [1.82, 2.24) is 15.2 Å². The molecule has 0 radical (unpaired) electrons. The summed E-state index contributed by atoms with van der Waals surface area (Å²) in [6, 6.07) is 9.02. The molecule has 1 spiro atoms. The molecule has 4 nitrogen and oxygen atoms in total. The van der Waals surface area contributed by atoms with Crippen LogP contribution in [0.25, 0.3) is 11.0 Å². The van der Waals surface area contributed by atoms with Crippen LogP contribution in [0.4, 0.5) is 0 Å². The fourth-order valence-corrected chi connectivity index (χ4v) is 5.10. The first kappa shape index (κ1) is 15.6. The van der Waals surface area contributed by atoms with E-state index < -0.39 is 0 Å². The van der Waals surface area contributed by atoms with Gasteiger partial charge in [-0.2, -0.15) is 0 Å².